The van der Waals surface area contributed by atoms with Crippen molar-refractivity contribution in [1.29, 1.82) is 0 Å². The Bertz CT molecular complexity index is 1810. The fourth-order valence-corrected chi connectivity index (χ4v) is 6.53. The van der Waals surface area contributed by atoms with E-state index in [1.54, 1.807) is 42.7 Å². The summed E-state index contributed by atoms with van der Waals surface area (Å²) in [6.45, 7) is 3.88. The Morgan fingerprint density at radius 2 is 2.00 bits per heavy atom. The van der Waals surface area contributed by atoms with Crippen LogP contribution in [0.1, 0.15) is 35.9 Å². The minimum Gasteiger partial charge on any atom is -0.488 e. The van der Waals surface area contributed by atoms with Gasteiger partial charge in [-0.3, -0.25) is 19.5 Å². The summed E-state index contributed by atoms with van der Waals surface area (Å²) < 4.78 is 14.1. The first-order valence-electron chi connectivity index (χ1n) is 12.2. The van der Waals surface area contributed by atoms with Crippen molar-refractivity contribution in [1.82, 2.24) is 4.57 Å². The number of carbonyl (C=O) groups excluding carboxylic acids is 1. The lowest BCUT2D eigenvalue weighted by Gasteiger charge is -2.23. The van der Waals surface area contributed by atoms with Gasteiger partial charge in [0.1, 0.15) is 18.4 Å². The highest BCUT2D eigenvalue weighted by Gasteiger charge is 2.33. The van der Waals surface area contributed by atoms with E-state index in [-0.39, 0.29) is 24.5 Å². The van der Waals surface area contributed by atoms with Crippen LogP contribution in [0.4, 0.5) is 5.69 Å². The standard InChI is InChI=1S/C28H22BrN3O6S2/c1-3-37-27(34)24-16(2)30-28-31(25(24)22-5-4-12-39-22)26(33)23(40-28)14-18-13-19(29)8-11-21(18)38-15-17-6-9-20(10-7-17)32(35)36/h4-14,25H,3,15H2,1-2H3/b23-14-/t25-/m0/s1. The van der Waals surface area contributed by atoms with E-state index in [9.17, 15) is 19.7 Å². The molecule has 0 spiro atoms. The fourth-order valence-electron chi connectivity index (χ4n) is 4.29. The maximum absolute atomic E-state index is 13.8. The molecule has 0 N–H and O–H groups in total. The van der Waals surface area contributed by atoms with Crippen LogP contribution in [-0.2, 0) is 16.1 Å². The Kier molecular flexibility index (Phi) is 8.10. The summed E-state index contributed by atoms with van der Waals surface area (Å²) in [6, 6.07) is 14.7. The van der Waals surface area contributed by atoms with E-state index in [1.807, 2.05) is 29.6 Å². The Balaban J connectivity index is 1.55. The largest absolute Gasteiger partial charge is 0.488 e. The molecule has 2 aromatic heterocycles. The maximum atomic E-state index is 13.8. The van der Waals surface area contributed by atoms with Crippen molar-refractivity contribution < 1.29 is 19.2 Å². The van der Waals surface area contributed by atoms with E-state index in [1.165, 1.54) is 34.8 Å². The van der Waals surface area contributed by atoms with Crippen LogP contribution in [-0.4, -0.2) is 22.1 Å². The van der Waals surface area contributed by atoms with Crippen molar-refractivity contribution in [2.75, 3.05) is 6.61 Å². The van der Waals surface area contributed by atoms with Gasteiger partial charge in [-0.05, 0) is 67.3 Å². The fraction of sp³-hybridized carbons (Fsp3) is 0.179. The number of benzene rings is 2. The van der Waals surface area contributed by atoms with Gasteiger partial charge in [-0.15, -0.1) is 11.3 Å². The molecule has 3 heterocycles. The molecule has 4 aromatic rings. The summed E-state index contributed by atoms with van der Waals surface area (Å²) in [4.78, 5) is 43.2. The number of nitro groups is 1. The van der Waals surface area contributed by atoms with Gasteiger partial charge in [0.25, 0.3) is 11.2 Å². The summed E-state index contributed by atoms with van der Waals surface area (Å²) in [7, 11) is 0. The van der Waals surface area contributed by atoms with Crippen LogP contribution in [0, 0.1) is 10.1 Å². The van der Waals surface area contributed by atoms with Gasteiger partial charge in [0.05, 0.1) is 27.3 Å². The lowest BCUT2D eigenvalue weighted by Crippen LogP contribution is -2.39. The lowest BCUT2D eigenvalue weighted by molar-refractivity contribution is -0.384. The minimum absolute atomic E-state index is 0.00524. The highest BCUT2D eigenvalue weighted by molar-refractivity contribution is 9.10. The molecule has 40 heavy (non-hydrogen) atoms. The molecule has 0 fully saturated rings. The number of nitrogens with zero attached hydrogens (tertiary/aromatic N) is 3. The Morgan fingerprint density at radius 1 is 1.23 bits per heavy atom. The Hall–Kier alpha value is -3.87. The van der Waals surface area contributed by atoms with E-state index in [0.717, 1.165) is 14.9 Å². The Labute approximate surface area is 244 Å². The van der Waals surface area contributed by atoms with Crippen LogP contribution in [0.25, 0.3) is 6.08 Å². The van der Waals surface area contributed by atoms with Gasteiger partial charge in [0.15, 0.2) is 4.80 Å². The van der Waals surface area contributed by atoms with Gasteiger partial charge in [-0.25, -0.2) is 9.79 Å². The highest BCUT2D eigenvalue weighted by Crippen LogP contribution is 2.33. The molecule has 2 aromatic carbocycles. The number of hydrogen-bond acceptors (Lipinski definition) is 9. The molecule has 1 atom stereocenters. The van der Waals surface area contributed by atoms with Gasteiger partial charge < -0.3 is 9.47 Å². The number of hydrogen-bond donors (Lipinski definition) is 0. The number of allylic oxidation sites excluding steroid dienone is 1. The molecule has 0 aliphatic carbocycles. The lowest BCUT2D eigenvalue weighted by atomic mass is 10.0. The molecule has 0 amide bonds. The second-order valence-electron chi connectivity index (χ2n) is 8.71. The number of nitro benzene ring substituents is 1. The monoisotopic (exact) mass is 639 g/mol. The quantitative estimate of drug-likeness (QED) is 0.150. The molecule has 0 radical (unpaired) electrons. The number of ether oxygens (including phenoxy) is 2. The predicted octanol–water partition coefficient (Wildman–Crippen LogP) is 5.11. The van der Waals surface area contributed by atoms with Crippen LogP contribution < -0.4 is 19.6 Å². The molecule has 0 unspecified atom stereocenters. The predicted molar refractivity (Wildman–Crippen MR) is 156 cm³/mol. The molecule has 1 aliphatic heterocycles. The van der Waals surface area contributed by atoms with Gasteiger partial charge in [0.2, 0.25) is 0 Å². The van der Waals surface area contributed by atoms with E-state index in [0.29, 0.717) is 31.9 Å². The van der Waals surface area contributed by atoms with Crippen LogP contribution in [0.15, 0.2) is 85.5 Å². The zero-order valence-corrected chi connectivity index (χ0v) is 24.5. The van der Waals surface area contributed by atoms with Crippen LogP contribution >= 0.6 is 38.6 Å². The third kappa shape index (κ3) is 5.55. The number of thiophene rings is 1. The van der Waals surface area contributed by atoms with Crippen molar-refractivity contribution in [3.05, 3.63) is 122 Å². The highest BCUT2D eigenvalue weighted by atomic mass is 79.9. The van der Waals surface area contributed by atoms with E-state index >= 15 is 0 Å². The first kappa shape index (κ1) is 27.7. The topological polar surface area (TPSA) is 113 Å². The first-order chi connectivity index (χ1) is 19.3. The zero-order chi connectivity index (χ0) is 28.4. The molecule has 0 saturated heterocycles. The normalized spacial score (nSPS) is 15.0. The first-order valence-corrected chi connectivity index (χ1v) is 14.6. The van der Waals surface area contributed by atoms with Crippen molar-refractivity contribution >= 4 is 56.3 Å². The smallest absolute Gasteiger partial charge is 0.338 e. The van der Waals surface area contributed by atoms with Crippen molar-refractivity contribution in [3.8, 4) is 5.75 Å². The molecule has 5 rings (SSSR count). The summed E-state index contributed by atoms with van der Waals surface area (Å²) in [5.41, 5.74) is 2.01. The van der Waals surface area contributed by atoms with Gasteiger partial charge in [-0.1, -0.05) is 33.3 Å². The minimum atomic E-state index is -0.641. The molecule has 9 nitrogen and oxygen atoms in total. The number of halogens is 1. The molecule has 0 saturated carbocycles. The third-order valence-corrected chi connectivity index (χ3v) is 8.53. The number of carbonyl (C=O) groups is 1. The van der Waals surface area contributed by atoms with Crippen LogP contribution in [0.5, 0.6) is 5.75 Å². The number of esters is 1. The van der Waals surface area contributed by atoms with Gasteiger partial charge in [-0.2, -0.15) is 0 Å². The summed E-state index contributed by atoms with van der Waals surface area (Å²) >= 11 is 6.18. The van der Waals surface area contributed by atoms with Crippen molar-refractivity contribution in [2.45, 2.75) is 26.5 Å². The van der Waals surface area contributed by atoms with Gasteiger partial charge in [0, 0.05) is 27.0 Å². The molecule has 204 valence electrons. The number of fused-ring (bicyclic) bond motifs is 1. The van der Waals surface area contributed by atoms with Crippen molar-refractivity contribution in [3.63, 3.8) is 0 Å². The second-order valence-corrected chi connectivity index (χ2v) is 11.6. The Morgan fingerprint density at radius 3 is 2.67 bits per heavy atom. The van der Waals surface area contributed by atoms with E-state index in [2.05, 4.69) is 20.9 Å². The molecular formula is C28H22BrN3O6S2. The number of non-ortho nitro benzene ring substituents is 1. The zero-order valence-electron chi connectivity index (χ0n) is 21.3. The number of thiazole rings is 1. The van der Waals surface area contributed by atoms with Crippen LogP contribution in [0.2, 0.25) is 0 Å². The molecule has 1 aliphatic rings. The number of aromatic nitrogens is 1. The summed E-state index contributed by atoms with van der Waals surface area (Å²) in [6.07, 6.45) is 1.74. The van der Waals surface area contributed by atoms with E-state index < -0.39 is 16.9 Å². The van der Waals surface area contributed by atoms with E-state index in [4.69, 9.17) is 9.47 Å². The summed E-state index contributed by atoms with van der Waals surface area (Å²) in [5, 5.41) is 12.8. The average Bonchev–Trinajstić information content (AvgIpc) is 3.56. The van der Waals surface area contributed by atoms with Gasteiger partial charge >= 0.3 is 5.97 Å². The average molecular weight is 641 g/mol. The molecular weight excluding hydrogens is 618 g/mol. The molecule has 12 heteroatoms. The number of rotatable bonds is 8. The SMILES string of the molecule is CCOC(=O)C1=C(C)N=c2s/c(=C\c3cc(Br)ccc3OCc3ccc([N+](=O)[O-])cc3)c(=O)n2[C@H]1c1cccs1. The van der Waals surface area contributed by atoms with Crippen LogP contribution in [0.3, 0.4) is 0 Å². The van der Waals surface area contributed by atoms with Crippen molar-refractivity contribution in [2.24, 2.45) is 4.99 Å². The second kappa shape index (κ2) is 11.7. The summed E-state index contributed by atoms with van der Waals surface area (Å²) in [5.74, 6) is 0.0379. The maximum Gasteiger partial charge on any atom is 0.338 e. The molecule has 0 bridgehead atoms. The third-order valence-electron chi connectivity index (χ3n) is 6.13.